The first-order valence-corrected chi connectivity index (χ1v) is 8.49. The van der Waals surface area contributed by atoms with Gasteiger partial charge in [-0.15, -0.1) is 0 Å². The zero-order chi connectivity index (χ0) is 19.1. The number of hydrogen-bond donors (Lipinski definition) is 3. The Morgan fingerprint density at radius 3 is 2.08 bits per heavy atom. The molecule has 0 saturated carbocycles. The number of halogens is 1. The highest BCUT2D eigenvalue weighted by Crippen LogP contribution is 2.13. The summed E-state index contributed by atoms with van der Waals surface area (Å²) in [6, 6.07) is 13.6. The Balaban J connectivity index is 1.82. The first-order valence-electron chi connectivity index (χ1n) is 8.11. The van der Waals surface area contributed by atoms with Crippen molar-refractivity contribution in [3.8, 4) is 0 Å². The van der Waals surface area contributed by atoms with Crippen LogP contribution in [0.2, 0.25) is 5.02 Å². The molecule has 0 aromatic heterocycles. The number of anilines is 2. The summed E-state index contributed by atoms with van der Waals surface area (Å²) in [7, 11) is 1.76. The molecule has 0 aliphatic rings. The van der Waals surface area contributed by atoms with Crippen molar-refractivity contribution in [1.29, 1.82) is 0 Å². The second kappa shape index (κ2) is 9.12. The molecule has 1 unspecified atom stereocenters. The molecule has 0 radical (unpaired) electrons. The van der Waals surface area contributed by atoms with Gasteiger partial charge in [-0.2, -0.15) is 0 Å². The number of benzene rings is 2. The summed E-state index contributed by atoms with van der Waals surface area (Å²) < 4.78 is 0. The number of nitrogens with one attached hydrogen (secondary N) is 3. The van der Waals surface area contributed by atoms with E-state index in [2.05, 4.69) is 10.6 Å². The molecule has 7 heteroatoms. The number of carbonyl (C=O) groups is 3. The first-order chi connectivity index (χ1) is 12.3. The Hall–Kier alpha value is -2.70. The van der Waals surface area contributed by atoms with Gasteiger partial charge in [-0.1, -0.05) is 23.7 Å². The van der Waals surface area contributed by atoms with Crippen LogP contribution in [0.4, 0.5) is 11.4 Å². The highest BCUT2D eigenvalue weighted by molar-refractivity contribution is 6.30. The Morgan fingerprint density at radius 1 is 0.923 bits per heavy atom. The van der Waals surface area contributed by atoms with Crippen LogP contribution in [0.15, 0.2) is 48.5 Å². The van der Waals surface area contributed by atoms with E-state index in [-0.39, 0.29) is 30.7 Å². The van der Waals surface area contributed by atoms with Crippen molar-refractivity contribution in [2.24, 2.45) is 0 Å². The lowest BCUT2D eigenvalue weighted by Gasteiger charge is -2.14. The Labute approximate surface area is 157 Å². The molecule has 26 heavy (non-hydrogen) atoms. The quantitative estimate of drug-likeness (QED) is 0.644. The minimum Gasteiger partial charge on any atom is -0.322 e. The fraction of sp³-hybridized carbons (Fsp3) is 0.211. The maximum absolute atomic E-state index is 12.1. The van der Waals surface area contributed by atoms with E-state index < -0.39 is 0 Å². The first kappa shape index (κ1) is 19.6. The average molecular weight is 375 g/mol. The molecule has 3 N–H and O–H groups in total. The molecule has 2 amide bonds. The van der Waals surface area contributed by atoms with E-state index in [1.54, 1.807) is 55.6 Å². The average Bonchev–Trinajstić information content (AvgIpc) is 2.56. The third kappa shape index (κ3) is 6.31. The number of ketones is 1. The number of hydrogen-bond acceptors (Lipinski definition) is 3. The number of Topliss-reactive ketones (excluding diaryl/α,β-unsaturated/α-hetero) is 1. The fourth-order valence-electron chi connectivity index (χ4n) is 2.37. The highest BCUT2D eigenvalue weighted by Gasteiger charge is 2.15. The minimum atomic E-state index is -0.234. The molecule has 0 spiro atoms. The van der Waals surface area contributed by atoms with Crippen LogP contribution in [0.5, 0.6) is 0 Å². The SMILES string of the molecule is CC(=O)c1cccc(NC(=O)C[NH+](C)CC(=O)Nc2ccc(Cl)cc2)c1. The van der Waals surface area contributed by atoms with Gasteiger partial charge in [0, 0.05) is 22.0 Å². The smallest absolute Gasteiger partial charge is 0.279 e. The van der Waals surface area contributed by atoms with Crippen molar-refractivity contribution >= 4 is 40.6 Å². The number of quaternary nitrogens is 1. The van der Waals surface area contributed by atoms with E-state index in [1.807, 2.05) is 0 Å². The second-order valence-corrected chi connectivity index (χ2v) is 6.49. The van der Waals surface area contributed by atoms with E-state index in [4.69, 9.17) is 11.6 Å². The van der Waals surface area contributed by atoms with Gasteiger partial charge in [0.05, 0.1) is 7.05 Å². The molecule has 1 atom stereocenters. The normalized spacial score (nSPS) is 11.5. The van der Waals surface area contributed by atoms with Gasteiger partial charge in [-0.05, 0) is 43.3 Å². The van der Waals surface area contributed by atoms with Crippen LogP contribution >= 0.6 is 11.6 Å². The largest absolute Gasteiger partial charge is 0.322 e. The third-order valence-corrected chi connectivity index (χ3v) is 3.86. The standard InChI is InChI=1S/C19H20ClN3O3/c1-13(24)14-4-3-5-17(10-14)22-19(26)12-23(2)11-18(25)21-16-8-6-15(20)7-9-16/h3-10H,11-12H2,1-2H3,(H,21,25)(H,22,26)/p+1. The van der Waals surface area contributed by atoms with Gasteiger partial charge < -0.3 is 15.5 Å². The zero-order valence-corrected chi connectivity index (χ0v) is 15.4. The van der Waals surface area contributed by atoms with E-state index in [0.717, 1.165) is 4.90 Å². The van der Waals surface area contributed by atoms with Crippen molar-refractivity contribution in [2.75, 3.05) is 30.8 Å². The predicted octanol–water partition coefficient (Wildman–Crippen LogP) is 1.63. The summed E-state index contributed by atoms with van der Waals surface area (Å²) in [5.74, 6) is -0.499. The molecular formula is C19H21ClN3O3+. The summed E-state index contributed by atoms with van der Waals surface area (Å²) >= 11 is 5.80. The summed E-state index contributed by atoms with van der Waals surface area (Å²) in [6.07, 6.45) is 0. The topological polar surface area (TPSA) is 79.7 Å². The Bertz CT molecular complexity index is 806. The molecule has 2 aromatic rings. The minimum absolute atomic E-state index is 0.0669. The monoisotopic (exact) mass is 374 g/mol. The molecule has 0 bridgehead atoms. The lowest BCUT2D eigenvalue weighted by molar-refractivity contribution is -0.862. The number of carbonyl (C=O) groups excluding carboxylic acids is 3. The van der Waals surface area contributed by atoms with Gasteiger partial charge in [0.15, 0.2) is 18.9 Å². The van der Waals surface area contributed by atoms with Crippen molar-refractivity contribution in [3.05, 3.63) is 59.1 Å². The lowest BCUT2D eigenvalue weighted by Crippen LogP contribution is -3.11. The lowest BCUT2D eigenvalue weighted by atomic mass is 10.1. The van der Waals surface area contributed by atoms with Gasteiger partial charge in [0.1, 0.15) is 0 Å². The van der Waals surface area contributed by atoms with Crippen LogP contribution in [0, 0.1) is 0 Å². The summed E-state index contributed by atoms with van der Waals surface area (Å²) in [6.45, 7) is 1.74. The molecule has 0 aliphatic heterocycles. The number of amides is 2. The molecule has 0 aliphatic carbocycles. The molecule has 0 saturated heterocycles. The van der Waals surface area contributed by atoms with Crippen LogP contribution in [0.25, 0.3) is 0 Å². The van der Waals surface area contributed by atoms with Crippen LogP contribution in [0.1, 0.15) is 17.3 Å². The fourth-order valence-corrected chi connectivity index (χ4v) is 2.50. The van der Waals surface area contributed by atoms with Crippen LogP contribution < -0.4 is 15.5 Å². The van der Waals surface area contributed by atoms with Crippen LogP contribution in [-0.4, -0.2) is 37.7 Å². The number of rotatable bonds is 7. The van der Waals surface area contributed by atoms with E-state index in [1.165, 1.54) is 6.92 Å². The third-order valence-electron chi connectivity index (χ3n) is 3.61. The maximum Gasteiger partial charge on any atom is 0.279 e. The summed E-state index contributed by atoms with van der Waals surface area (Å²) in [5.41, 5.74) is 1.74. The Kier molecular flexibility index (Phi) is 6.89. The van der Waals surface area contributed by atoms with Crippen molar-refractivity contribution < 1.29 is 19.3 Å². The van der Waals surface area contributed by atoms with E-state index in [9.17, 15) is 14.4 Å². The molecule has 136 valence electrons. The van der Waals surface area contributed by atoms with Crippen molar-refractivity contribution in [2.45, 2.75) is 6.92 Å². The van der Waals surface area contributed by atoms with E-state index >= 15 is 0 Å². The highest BCUT2D eigenvalue weighted by atomic mass is 35.5. The molecular weight excluding hydrogens is 354 g/mol. The zero-order valence-electron chi connectivity index (χ0n) is 14.6. The van der Waals surface area contributed by atoms with Gasteiger partial charge in [0.25, 0.3) is 11.8 Å². The molecule has 0 heterocycles. The molecule has 2 aromatic carbocycles. The van der Waals surface area contributed by atoms with Gasteiger partial charge >= 0.3 is 0 Å². The van der Waals surface area contributed by atoms with E-state index in [0.29, 0.717) is 22.0 Å². The van der Waals surface area contributed by atoms with Gasteiger partial charge in [-0.3, -0.25) is 14.4 Å². The van der Waals surface area contributed by atoms with Crippen molar-refractivity contribution in [3.63, 3.8) is 0 Å². The van der Waals surface area contributed by atoms with Crippen LogP contribution in [-0.2, 0) is 9.59 Å². The Morgan fingerprint density at radius 2 is 1.50 bits per heavy atom. The second-order valence-electron chi connectivity index (χ2n) is 6.05. The van der Waals surface area contributed by atoms with Crippen molar-refractivity contribution in [1.82, 2.24) is 0 Å². The predicted molar refractivity (Wildman–Crippen MR) is 102 cm³/mol. The molecule has 2 rings (SSSR count). The van der Waals surface area contributed by atoms with Crippen LogP contribution in [0.3, 0.4) is 0 Å². The molecule has 0 fully saturated rings. The summed E-state index contributed by atoms with van der Waals surface area (Å²) in [5, 5.41) is 6.09. The molecule has 6 nitrogen and oxygen atoms in total. The van der Waals surface area contributed by atoms with Gasteiger partial charge in [-0.25, -0.2) is 0 Å². The maximum atomic E-state index is 12.1. The number of likely N-dealkylation sites (N-methyl/N-ethyl adjacent to an activating group) is 1. The summed E-state index contributed by atoms with van der Waals surface area (Å²) in [4.78, 5) is 36.3. The van der Waals surface area contributed by atoms with Gasteiger partial charge in [0.2, 0.25) is 0 Å².